The number of hydrogen-bond donors (Lipinski definition) is 1. The maximum atomic E-state index is 12.7. The molecule has 0 fully saturated rings. The van der Waals surface area contributed by atoms with Gasteiger partial charge in [0.2, 0.25) is 6.79 Å². The molecular weight excluding hydrogens is 378 g/mol. The molecule has 0 spiro atoms. The number of nitrogens with one attached hydrogen (secondary N) is 1. The molecule has 2 heterocycles. The number of fused-ring (bicyclic) bond motifs is 1. The van der Waals surface area contributed by atoms with Crippen molar-refractivity contribution in [1.29, 1.82) is 0 Å². The summed E-state index contributed by atoms with van der Waals surface area (Å²) in [6.45, 7) is 4.91. The van der Waals surface area contributed by atoms with Gasteiger partial charge in [0.25, 0.3) is 5.91 Å². The molecule has 7 heteroatoms. The van der Waals surface area contributed by atoms with E-state index in [1.807, 2.05) is 49.4 Å². The van der Waals surface area contributed by atoms with Crippen molar-refractivity contribution in [3.05, 3.63) is 75.6 Å². The van der Waals surface area contributed by atoms with E-state index in [1.54, 1.807) is 11.6 Å². The number of aryl methyl sites for hydroxylation is 2. The molecule has 3 aromatic rings. The highest BCUT2D eigenvalue weighted by atomic mass is 35.5. The van der Waals surface area contributed by atoms with Crippen LogP contribution < -0.4 is 14.8 Å². The third kappa shape index (κ3) is 3.68. The minimum Gasteiger partial charge on any atom is -0.454 e. The molecule has 2 aromatic carbocycles. The lowest BCUT2D eigenvalue weighted by molar-refractivity contribution is 0.0950. The van der Waals surface area contributed by atoms with Gasteiger partial charge >= 0.3 is 0 Å². The average Bonchev–Trinajstić information content (AvgIpc) is 3.25. The topological polar surface area (TPSA) is 65.4 Å². The molecule has 28 heavy (non-hydrogen) atoms. The van der Waals surface area contributed by atoms with Gasteiger partial charge < -0.3 is 14.8 Å². The van der Waals surface area contributed by atoms with E-state index in [0.29, 0.717) is 41.0 Å². The van der Waals surface area contributed by atoms with Gasteiger partial charge in [0, 0.05) is 6.54 Å². The van der Waals surface area contributed by atoms with E-state index in [0.717, 1.165) is 11.1 Å². The van der Waals surface area contributed by atoms with E-state index < -0.39 is 0 Å². The van der Waals surface area contributed by atoms with Crippen LogP contribution in [0.25, 0.3) is 0 Å². The fourth-order valence-corrected chi connectivity index (χ4v) is 3.42. The molecule has 1 N–H and O–H groups in total. The number of hydrogen-bond acceptors (Lipinski definition) is 4. The van der Waals surface area contributed by atoms with Crippen molar-refractivity contribution in [3.8, 4) is 11.5 Å². The Kier molecular flexibility index (Phi) is 4.96. The molecule has 0 atom stereocenters. The quantitative estimate of drug-likeness (QED) is 0.710. The van der Waals surface area contributed by atoms with Gasteiger partial charge in [0.15, 0.2) is 11.5 Å². The van der Waals surface area contributed by atoms with Crippen LogP contribution in [0.1, 0.15) is 32.7 Å². The molecule has 0 unspecified atom stereocenters. The van der Waals surface area contributed by atoms with Gasteiger partial charge in [-0.1, -0.05) is 47.5 Å². The van der Waals surface area contributed by atoms with E-state index in [-0.39, 0.29) is 12.7 Å². The lowest BCUT2D eigenvalue weighted by Gasteiger charge is -2.07. The Morgan fingerprint density at radius 2 is 1.82 bits per heavy atom. The van der Waals surface area contributed by atoms with Gasteiger partial charge in [-0.15, -0.1) is 0 Å². The Morgan fingerprint density at radius 3 is 2.61 bits per heavy atom. The van der Waals surface area contributed by atoms with Crippen molar-refractivity contribution in [1.82, 2.24) is 15.1 Å². The number of aromatic nitrogens is 2. The molecule has 144 valence electrons. The third-order valence-electron chi connectivity index (χ3n) is 4.64. The maximum Gasteiger partial charge on any atom is 0.256 e. The van der Waals surface area contributed by atoms with Crippen molar-refractivity contribution in [2.75, 3.05) is 6.79 Å². The molecule has 0 aliphatic carbocycles. The molecule has 0 bridgehead atoms. The zero-order valence-electron chi connectivity index (χ0n) is 15.7. The minimum atomic E-state index is -0.254. The van der Waals surface area contributed by atoms with Crippen LogP contribution in [0.4, 0.5) is 0 Å². The maximum absolute atomic E-state index is 12.7. The van der Waals surface area contributed by atoms with Crippen LogP contribution in [-0.2, 0) is 13.1 Å². The Balaban J connectivity index is 1.46. The molecular formula is C21H20ClN3O3. The first kappa shape index (κ1) is 18.4. The summed E-state index contributed by atoms with van der Waals surface area (Å²) in [4.78, 5) is 12.7. The first-order chi connectivity index (χ1) is 13.5. The molecule has 1 aliphatic heterocycles. The molecule has 1 amide bonds. The Hall–Kier alpha value is -2.99. The normalized spacial score (nSPS) is 12.2. The van der Waals surface area contributed by atoms with Gasteiger partial charge in [-0.2, -0.15) is 5.10 Å². The highest BCUT2D eigenvalue weighted by Gasteiger charge is 2.21. The minimum absolute atomic E-state index is 0.222. The van der Waals surface area contributed by atoms with Gasteiger partial charge in [0.05, 0.1) is 17.8 Å². The van der Waals surface area contributed by atoms with E-state index in [9.17, 15) is 4.79 Å². The first-order valence-electron chi connectivity index (χ1n) is 8.96. The highest BCUT2D eigenvalue weighted by molar-refractivity contribution is 6.33. The number of nitrogens with zero attached hydrogens (tertiary/aromatic N) is 2. The molecule has 4 rings (SSSR count). The van der Waals surface area contributed by atoms with Crippen molar-refractivity contribution in [2.24, 2.45) is 0 Å². The fraction of sp³-hybridized carbons (Fsp3) is 0.238. The average molecular weight is 398 g/mol. The van der Waals surface area contributed by atoms with Crippen LogP contribution >= 0.6 is 11.6 Å². The van der Waals surface area contributed by atoms with Gasteiger partial charge in [-0.05, 0) is 37.1 Å². The predicted molar refractivity (Wildman–Crippen MR) is 106 cm³/mol. The molecule has 1 aromatic heterocycles. The van der Waals surface area contributed by atoms with Gasteiger partial charge in [-0.3, -0.25) is 4.79 Å². The zero-order chi connectivity index (χ0) is 19.7. The Morgan fingerprint density at radius 1 is 1.11 bits per heavy atom. The summed E-state index contributed by atoms with van der Waals surface area (Å²) < 4.78 is 12.3. The number of amides is 1. The van der Waals surface area contributed by atoms with Crippen LogP contribution in [-0.4, -0.2) is 22.5 Å². The summed E-state index contributed by atoms with van der Waals surface area (Å²) >= 11 is 6.47. The highest BCUT2D eigenvalue weighted by Crippen LogP contribution is 2.32. The third-order valence-corrected chi connectivity index (χ3v) is 5.02. The Labute approximate surface area is 168 Å². The second kappa shape index (κ2) is 7.56. The molecule has 0 radical (unpaired) electrons. The Bertz CT molecular complexity index is 1030. The van der Waals surface area contributed by atoms with E-state index >= 15 is 0 Å². The summed E-state index contributed by atoms with van der Waals surface area (Å²) in [5.41, 5.74) is 4.17. The fourth-order valence-electron chi connectivity index (χ4n) is 3.10. The zero-order valence-corrected chi connectivity index (χ0v) is 16.4. The molecule has 0 saturated heterocycles. The van der Waals surface area contributed by atoms with Crippen molar-refractivity contribution in [2.45, 2.75) is 26.9 Å². The summed E-state index contributed by atoms with van der Waals surface area (Å²) in [6, 6.07) is 13.7. The second-order valence-electron chi connectivity index (χ2n) is 6.76. The second-order valence-corrected chi connectivity index (χ2v) is 7.12. The number of halogens is 1. The number of rotatable bonds is 5. The standard InChI is InChI=1S/C21H20ClN3O3/c1-13-3-5-15(6-4-13)11-25-20(22)19(14(2)24-25)21(26)23-10-16-7-8-17-18(9-16)28-12-27-17/h3-9H,10-12H2,1-2H3,(H,23,26). The monoisotopic (exact) mass is 397 g/mol. The van der Waals surface area contributed by atoms with Crippen molar-refractivity contribution < 1.29 is 14.3 Å². The van der Waals surface area contributed by atoms with E-state index in [4.69, 9.17) is 21.1 Å². The largest absolute Gasteiger partial charge is 0.454 e. The number of carbonyl (C=O) groups excluding carboxylic acids is 1. The summed E-state index contributed by atoms with van der Waals surface area (Å²) in [5, 5.41) is 7.67. The molecule has 0 saturated carbocycles. The van der Waals surface area contributed by atoms with Crippen LogP contribution in [0.5, 0.6) is 11.5 Å². The number of benzene rings is 2. The van der Waals surface area contributed by atoms with Crippen LogP contribution in [0.2, 0.25) is 5.15 Å². The lowest BCUT2D eigenvalue weighted by atomic mass is 10.1. The van der Waals surface area contributed by atoms with Crippen molar-refractivity contribution >= 4 is 17.5 Å². The smallest absolute Gasteiger partial charge is 0.256 e. The predicted octanol–water partition coefficient (Wildman–Crippen LogP) is 3.86. The lowest BCUT2D eigenvalue weighted by Crippen LogP contribution is -2.23. The van der Waals surface area contributed by atoms with E-state index in [1.165, 1.54) is 5.56 Å². The molecule has 1 aliphatic rings. The van der Waals surface area contributed by atoms with Crippen LogP contribution in [0.3, 0.4) is 0 Å². The summed E-state index contributed by atoms with van der Waals surface area (Å²) in [7, 11) is 0. The number of carbonyl (C=O) groups is 1. The summed E-state index contributed by atoms with van der Waals surface area (Å²) in [6.07, 6.45) is 0. The number of ether oxygens (including phenoxy) is 2. The van der Waals surface area contributed by atoms with Gasteiger partial charge in [-0.25, -0.2) is 4.68 Å². The van der Waals surface area contributed by atoms with Crippen LogP contribution in [0, 0.1) is 13.8 Å². The summed E-state index contributed by atoms with van der Waals surface area (Å²) in [5.74, 6) is 1.15. The van der Waals surface area contributed by atoms with E-state index in [2.05, 4.69) is 10.4 Å². The van der Waals surface area contributed by atoms with Crippen LogP contribution in [0.15, 0.2) is 42.5 Å². The molecule has 6 nitrogen and oxygen atoms in total. The SMILES string of the molecule is Cc1ccc(Cn2nc(C)c(C(=O)NCc3ccc4c(c3)OCO4)c2Cl)cc1. The van der Waals surface area contributed by atoms with Gasteiger partial charge in [0.1, 0.15) is 5.15 Å². The first-order valence-corrected chi connectivity index (χ1v) is 9.34. The van der Waals surface area contributed by atoms with Crippen molar-refractivity contribution in [3.63, 3.8) is 0 Å².